The molecule has 1 aromatic rings. The molecule has 0 aliphatic carbocycles. The van der Waals surface area contributed by atoms with Crippen molar-refractivity contribution in [1.29, 1.82) is 0 Å². The molecule has 0 saturated carbocycles. The maximum absolute atomic E-state index is 13.0. The van der Waals surface area contributed by atoms with Gasteiger partial charge in [0, 0.05) is 6.54 Å². The molecule has 0 bridgehead atoms. The van der Waals surface area contributed by atoms with Crippen molar-refractivity contribution in [2.45, 2.75) is 25.0 Å². The predicted molar refractivity (Wildman–Crippen MR) is 71.4 cm³/mol. The Hall–Kier alpha value is -0.650. The summed E-state index contributed by atoms with van der Waals surface area (Å²) in [7, 11) is 1.92. The number of benzene rings is 1. The van der Waals surface area contributed by atoms with E-state index in [1.165, 1.54) is 6.07 Å². The number of hydrogen-bond donors (Lipinski definition) is 1. The molecule has 0 radical (unpaired) electrons. The van der Waals surface area contributed by atoms with Gasteiger partial charge in [-0.2, -0.15) is 0 Å². The van der Waals surface area contributed by atoms with Crippen molar-refractivity contribution < 1.29 is 13.9 Å². The van der Waals surface area contributed by atoms with Crippen LogP contribution in [0, 0.1) is 5.82 Å². The molecule has 2 atom stereocenters. The first-order valence-corrected chi connectivity index (χ1v) is 6.86. The van der Waals surface area contributed by atoms with Gasteiger partial charge in [-0.25, -0.2) is 4.39 Å². The third kappa shape index (κ3) is 3.67. The van der Waals surface area contributed by atoms with Gasteiger partial charge in [-0.1, -0.05) is 0 Å². The molecule has 1 aliphatic heterocycles. The van der Waals surface area contributed by atoms with Gasteiger partial charge in [0.15, 0.2) is 0 Å². The SMILES string of the molecule is CNCC1CCC(COc2ccc(F)c(Br)c2)O1. The fraction of sp³-hybridized carbons (Fsp3) is 0.538. The zero-order valence-electron chi connectivity index (χ0n) is 10.3. The van der Waals surface area contributed by atoms with Crippen molar-refractivity contribution in [3.05, 3.63) is 28.5 Å². The number of rotatable bonds is 5. The zero-order chi connectivity index (χ0) is 13.0. The Morgan fingerprint density at radius 2 is 2.22 bits per heavy atom. The molecular weight excluding hydrogens is 301 g/mol. The highest BCUT2D eigenvalue weighted by atomic mass is 79.9. The summed E-state index contributed by atoms with van der Waals surface area (Å²) >= 11 is 3.14. The second kappa shape index (κ2) is 6.50. The Balaban J connectivity index is 1.80. The van der Waals surface area contributed by atoms with E-state index < -0.39 is 0 Å². The maximum Gasteiger partial charge on any atom is 0.137 e. The summed E-state index contributed by atoms with van der Waals surface area (Å²) in [5.41, 5.74) is 0. The van der Waals surface area contributed by atoms with Gasteiger partial charge >= 0.3 is 0 Å². The van der Waals surface area contributed by atoms with Gasteiger partial charge in [0.1, 0.15) is 18.2 Å². The summed E-state index contributed by atoms with van der Waals surface area (Å²) in [5, 5.41) is 3.10. The maximum atomic E-state index is 13.0. The minimum Gasteiger partial charge on any atom is -0.491 e. The normalized spacial score (nSPS) is 23.3. The monoisotopic (exact) mass is 317 g/mol. The molecule has 0 aromatic heterocycles. The average Bonchev–Trinajstić information content (AvgIpc) is 2.79. The fourth-order valence-electron chi connectivity index (χ4n) is 2.04. The van der Waals surface area contributed by atoms with Crippen LogP contribution in [-0.4, -0.2) is 32.4 Å². The van der Waals surface area contributed by atoms with Crippen LogP contribution in [0.1, 0.15) is 12.8 Å². The van der Waals surface area contributed by atoms with Crippen molar-refractivity contribution in [1.82, 2.24) is 5.32 Å². The summed E-state index contributed by atoms with van der Waals surface area (Å²) in [5.74, 6) is 0.373. The number of nitrogens with one attached hydrogen (secondary N) is 1. The molecule has 2 unspecified atom stereocenters. The summed E-state index contributed by atoms with van der Waals surface area (Å²) in [6, 6.07) is 4.65. The highest BCUT2D eigenvalue weighted by Gasteiger charge is 2.25. The van der Waals surface area contributed by atoms with Gasteiger partial charge in [-0.05, 0) is 54.0 Å². The summed E-state index contributed by atoms with van der Waals surface area (Å²) in [6.45, 7) is 1.39. The first kappa shape index (κ1) is 13.8. The predicted octanol–water partition coefficient (Wildman–Crippen LogP) is 2.73. The van der Waals surface area contributed by atoms with E-state index in [1.807, 2.05) is 7.05 Å². The molecular formula is C13H17BrFNO2. The Morgan fingerprint density at radius 3 is 2.94 bits per heavy atom. The molecule has 18 heavy (non-hydrogen) atoms. The molecule has 0 amide bonds. The zero-order valence-corrected chi connectivity index (χ0v) is 11.9. The third-order valence-corrected chi connectivity index (χ3v) is 3.56. The van der Waals surface area contributed by atoms with Crippen LogP contribution in [-0.2, 0) is 4.74 Å². The second-order valence-electron chi connectivity index (χ2n) is 4.40. The average molecular weight is 318 g/mol. The lowest BCUT2D eigenvalue weighted by atomic mass is 10.2. The lowest BCUT2D eigenvalue weighted by molar-refractivity contribution is 0.0193. The van der Waals surface area contributed by atoms with Gasteiger partial charge in [0.25, 0.3) is 0 Å². The molecule has 2 rings (SSSR count). The minimum atomic E-state index is -0.284. The van der Waals surface area contributed by atoms with Gasteiger partial charge in [-0.15, -0.1) is 0 Å². The minimum absolute atomic E-state index is 0.132. The van der Waals surface area contributed by atoms with E-state index in [0.29, 0.717) is 16.8 Å². The van der Waals surface area contributed by atoms with E-state index >= 15 is 0 Å². The van der Waals surface area contributed by atoms with Crippen LogP contribution < -0.4 is 10.1 Å². The standard InChI is InChI=1S/C13H17BrFNO2/c1-16-7-10-2-3-11(18-10)8-17-9-4-5-13(15)12(14)6-9/h4-6,10-11,16H,2-3,7-8H2,1H3. The molecule has 1 saturated heterocycles. The summed E-state index contributed by atoms with van der Waals surface area (Å²) < 4.78 is 24.9. The number of hydrogen-bond acceptors (Lipinski definition) is 3. The first-order chi connectivity index (χ1) is 8.69. The van der Waals surface area contributed by atoms with E-state index in [4.69, 9.17) is 9.47 Å². The molecule has 1 aliphatic rings. The Labute approximate surface area is 115 Å². The quantitative estimate of drug-likeness (QED) is 0.905. The van der Waals surface area contributed by atoms with Crippen molar-refractivity contribution in [2.75, 3.05) is 20.2 Å². The topological polar surface area (TPSA) is 30.5 Å². The molecule has 1 fully saturated rings. The van der Waals surface area contributed by atoms with E-state index in [0.717, 1.165) is 19.4 Å². The van der Waals surface area contributed by atoms with Gasteiger partial charge in [0.2, 0.25) is 0 Å². The van der Waals surface area contributed by atoms with Crippen LogP contribution in [0.2, 0.25) is 0 Å². The summed E-state index contributed by atoms with van der Waals surface area (Å²) in [6.07, 6.45) is 2.48. The van der Waals surface area contributed by atoms with E-state index in [1.54, 1.807) is 12.1 Å². The van der Waals surface area contributed by atoms with Crippen LogP contribution >= 0.6 is 15.9 Å². The fourth-order valence-corrected chi connectivity index (χ4v) is 2.39. The second-order valence-corrected chi connectivity index (χ2v) is 5.26. The number of likely N-dealkylation sites (N-methyl/N-ethyl adjacent to an activating group) is 1. The van der Waals surface area contributed by atoms with Crippen LogP contribution in [0.15, 0.2) is 22.7 Å². The van der Waals surface area contributed by atoms with Crippen molar-refractivity contribution >= 4 is 15.9 Å². The van der Waals surface area contributed by atoms with Gasteiger partial charge < -0.3 is 14.8 Å². The van der Waals surface area contributed by atoms with Gasteiger partial charge in [-0.3, -0.25) is 0 Å². The molecule has 0 spiro atoms. The number of ether oxygens (including phenoxy) is 2. The molecule has 5 heteroatoms. The van der Waals surface area contributed by atoms with Crippen LogP contribution in [0.5, 0.6) is 5.75 Å². The summed E-state index contributed by atoms with van der Waals surface area (Å²) in [4.78, 5) is 0. The number of halogens is 2. The highest BCUT2D eigenvalue weighted by molar-refractivity contribution is 9.10. The smallest absolute Gasteiger partial charge is 0.137 e. The van der Waals surface area contributed by atoms with Crippen LogP contribution in [0.4, 0.5) is 4.39 Å². The molecule has 1 aromatic carbocycles. The lowest BCUT2D eigenvalue weighted by Gasteiger charge is -2.14. The molecule has 1 heterocycles. The van der Waals surface area contributed by atoms with E-state index in [9.17, 15) is 4.39 Å². The van der Waals surface area contributed by atoms with Crippen LogP contribution in [0.3, 0.4) is 0 Å². The van der Waals surface area contributed by atoms with E-state index in [-0.39, 0.29) is 18.0 Å². The van der Waals surface area contributed by atoms with Crippen molar-refractivity contribution in [3.63, 3.8) is 0 Å². The molecule has 100 valence electrons. The highest BCUT2D eigenvalue weighted by Crippen LogP contribution is 2.24. The Morgan fingerprint density at radius 1 is 1.44 bits per heavy atom. The van der Waals surface area contributed by atoms with Crippen LogP contribution in [0.25, 0.3) is 0 Å². The molecule has 1 N–H and O–H groups in total. The third-order valence-electron chi connectivity index (χ3n) is 2.95. The Kier molecular flexibility index (Phi) is 4.97. The van der Waals surface area contributed by atoms with Crippen molar-refractivity contribution in [2.24, 2.45) is 0 Å². The van der Waals surface area contributed by atoms with Gasteiger partial charge in [0.05, 0.1) is 16.7 Å². The first-order valence-electron chi connectivity index (χ1n) is 6.07. The largest absolute Gasteiger partial charge is 0.491 e. The lowest BCUT2D eigenvalue weighted by Crippen LogP contribution is -2.25. The van der Waals surface area contributed by atoms with E-state index in [2.05, 4.69) is 21.2 Å². The van der Waals surface area contributed by atoms with Crippen molar-refractivity contribution in [3.8, 4) is 5.75 Å². The Bertz CT molecular complexity index is 403. The molecule has 3 nitrogen and oxygen atoms in total.